The van der Waals surface area contributed by atoms with Gasteiger partial charge in [0.15, 0.2) is 0 Å². The molecule has 1 amide bonds. The van der Waals surface area contributed by atoms with Gasteiger partial charge >= 0.3 is 0 Å². The molecule has 1 N–H and O–H groups in total. The van der Waals surface area contributed by atoms with E-state index >= 15 is 0 Å². The lowest BCUT2D eigenvalue weighted by atomic mass is 10.3. The molecule has 0 atom stereocenters. The molecule has 4 rings (SSSR count). The number of anilines is 2. The predicted molar refractivity (Wildman–Crippen MR) is 138 cm³/mol. The first kappa shape index (κ1) is 25.4. The van der Waals surface area contributed by atoms with Crippen LogP contribution in [0.1, 0.15) is 5.69 Å². The summed E-state index contributed by atoms with van der Waals surface area (Å²) in [6, 6.07) is 21.2. The van der Waals surface area contributed by atoms with Crippen LogP contribution in [0.3, 0.4) is 0 Å². The number of amides is 1. The van der Waals surface area contributed by atoms with Gasteiger partial charge in [0.05, 0.1) is 26.9 Å². The number of carbonyl (C=O) groups excluding carboxylic acids is 1. The summed E-state index contributed by atoms with van der Waals surface area (Å²) >= 11 is 0. The number of non-ortho nitro benzene ring substituents is 1. The minimum absolute atomic E-state index is 0.0112. The summed E-state index contributed by atoms with van der Waals surface area (Å²) in [6.45, 7) is 0.986. The molecule has 1 aromatic heterocycles. The van der Waals surface area contributed by atoms with Crippen LogP contribution in [0.25, 0.3) is 5.69 Å². The number of para-hydroxylation sites is 1. The molecule has 11 nitrogen and oxygen atoms in total. The molecule has 0 radical (unpaired) electrons. The molecule has 0 spiro atoms. The first-order valence-electron chi connectivity index (χ1n) is 11.1. The van der Waals surface area contributed by atoms with Crippen molar-refractivity contribution in [2.45, 2.75) is 11.8 Å². The number of benzene rings is 3. The topological polar surface area (TPSA) is 137 Å². The van der Waals surface area contributed by atoms with E-state index < -0.39 is 33.0 Å². The van der Waals surface area contributed by atoms with Crippen LogP contribution in [0.2, 0.25) is 0 Å². The maximum absolute atomic E-state index is 13.5. The molecular weight excluding hydrogens is 498 g/mol. The van der Waals surface area contributed by atoms with Gasteiger partial charge in [-0.25, -0.2) is 13.1 Å². The summed E-state index contributed by atoms with van der Waals surface area (Å²) in [5, 5.41) is 13.6. The molecule has 0 fully saturated rings. The summed E-state index contributed by atoms with van der Waals surface area (Å²) in [5.74, 6) is -0.760. The average molecular weight is 522 g/mol. The molecule has 0 saturated heterocycles. The lowest BCUT2D eigenvalue weighted by Gasteiger charge is -2.24. The van der Waals surface area contributed by atoms with Crippen molar-refractivity contribution >= 4 is 33.0 Å². The van der Waals surface area contributed by atoms with Crippen molar-refractivity contribution in [2.24, 2.45) is 7.05 Å². The van der Waals surface area contributed by atoms with E-state index in [1.165, 1.54) is 28.9 Å². The van der Waals surface area contributed by atoms with Gasteiger partial charge in [-0.3, -0.25) is 28.7 Å². The Morgan fingerprint density at radius 3 is 2.11 bits per heavy atom. The molecule has 0 unspecified atom stereocenters. The van der Waals surface area contributed by atoms with Gasteiger partial charge in [-0.15, -0.1) is 0 Å². The van der Waals surface area contributed by atoms with E-state index in [2.05, 4.69) is 5.32 Å². The number of nitrogens with zero attached hydrogens (tertiary/aromatic N) is 4. The third-order valence-corrected chi connectivity index (χ3v) is 7.57. The molecule has 4 aromatic rings. The molecule has 1 heterocycles. The Bertz CT molecular complexity index is 1610. The van der Waals surface area contributed by atoms with Gasteiger partial charge in [0.1, 0.15) is 12.2 Å². The highest BCUT2D eigenvalue weighted by Crippen LogP contribution is 2.26. The van der Waals surface area contributed by atoms with Crippen LogP contribution in [0, 0.1) is 17.0 Å². The molecule has 0 aliphatic rings. The first-order chi connectivity index (χ1) is 17.6. The molecule has 37 heavy (non-hydrogen) atoms. The zero-order chi connectivity index (χ0) is 26.7. The smallest absolute Gasteiger partial charge is 0.295 e. The number of aromatic nitrogens is 2. The Hall–Kier alpha value is -4.71. The number of rotatable bonds is 8. The van der Waals surface area contributed by atoms with Crippen molar-refractivity contribution in [1.82, 2.24) is 9.36 Å². The number of sulfonamides is 1. The van der Waals surface area contributed by atoms with E-state index in [1.807, 2.05) is 6.07 Å². The van der Waals surface area contributed by atoms with Gasteiger partial charge < -0.3 is 5.32 Å². The molecule has 3 aromatic carbocycles. The maximum Gasteiger partial charge on any atom is 0.295 e. The Labute approximate surface area is 212 Å². The predicted octanol–water partition coefficient (Wildman–Crippen LogP) is 3.23. The van der Waals surface area contributed by atoms with Crippen LogP contribution in [-0.2, 0) is 21.9 Å². The highest BCUT2D eigenvalue weighted by molar-refractivity contribution is 7.92. The van der Waals surface area contributed by atoms with Crippen molar-refractivity contribution < 1.29 is 18.1 Å². The van der Waals surface area contributed by atoms with E-state index in [-0.39, 0.29) is 22.0 Å². The molecule has 0 aliphatic heterocycles. The third kappa shape index (κ3) is 5.00. The van der Waals surface area contributed by atoms with Crippen molar-refractivity contribution in [2.75, 3.05) is 16.2 Å². The van der Waals surface area contributed by atoms with E-state index in [1.54, 1.807) is 61.1 Å². The first-order valence-corrected chi connectivity index (χ1v) is 12.5. The van der Waals surface area contributed by atoms with Crippen molar-refractivity contribution in [3.8, 4) is 5.69 Å². The normalized spacial score (nSPS) is 11.2. The second kappa shape index (κ2) is 10.1. The maximum atomic E-state index is 13.5. The Balaban J connectivity index is 1.69. The van der Waals surface area contributed by atoms with Crippen LogP contribution < -0.4 is 15.2 Å². The zero-order valence-electron chi connectivity index (χ0n) is 19.9. The monoisotopic (exact) mass is 521 g/mol. The summed E-state index contributed by atoms with van der Waals surface area (Å²) in [4.78, 5) is 36.7. The summed E-state index contributed by atoms with van der Waals surface area (Å²) in [5.41, 5.74) is 0.417. The number of carbonyl (C=O) groups is 1. The largest absolute Gasteiger partial charge is 0.318 e. The highest BCUT2D eigenvalue weighted by Gasteiger charge is 2.28. The Morgan fingerprint density at radius 2 is 1.54 bits per heavy atom. The van der Waals surface area contributed by atoms with Crippen LogP contribution in [0.4, 0.5) is 17.1 Å². The zero-order valence-corrected chi connectivity index (χ0v) is 20.8. The Kier molecular flexibility index (Phi) is 6.94. The minimum atomic E-state index is -4.23. The van der Waals surface area contributed by atoms with E-state index in [9.17, 15) is 28.1 Å². The van der Waals surface area contributed by atoms with Gasteiger partial charge in [-0.1, -0.05) is 36.4 Å². The molecule has 12 heteroatoms. The standard InChI is InChI=1S/C25H23N5O6S/c1-18-24(25(32)29(27(18)2)20-9-5-3-6-10-20)26-23(31)17-28(19-13-15-21(16-14-19)30(33)34)37(35,36)22-11-7-4-8-12-22/h3-16H,17H2,1-2H3,(H,26,31). The number of nitro groups is 1. The van der Waals surface area contributed by atoms with E-state index in [4.69, 9.17) is 0 Å². The fourth-order valence-electron chi connectivity index (χ4n) is 3.80. The summed E-state index contributed by atoms with van der Waals surface area (Å²) in [6.07, 6.45) is 0. The average Bonchev–Trinajstić information content (AvgIpc) is 3.11. The van der Waals surface area contributed by atoms with Gasteiger partial charge in [0, 0.05) is 19.2 Å². The molecule has 0 saturated carbocycles. The molecule has 190 valence electrons. The fraction of sp³-hybridized carbons (Fsp3) is 0.120. The number of nitro benzene ring substituents is 1. The van der Waals surface area contributed by atoms with Crippen LogP contribution in [0.15, 0.2) is 94.6 Å². The van der Waals surface area contributed by atoms with Gasteiger partial charge in [-0.2, -0.15) is 0 Å². The van der Waals surface area contributed by atoms with Crippen LogP contribution in [-0.4, -0.2) is 35.2 Å². The Morgan fingerprint density at radius 1 is 0.973 bits per heavy atom. The molecular formula is C25H23N5O6S. The molecule has 0 bridgehead atoms. The number of hydrogen-bond donors (Lipinski definition) is 1. The molecule has 0 aliphatic carbocycles. The highest BCUT2D eigenvalue weighted by atomic mass is 32.2. The van der Waals surface area contributed by atoms with Crippen molar-refractivity contribution in [3.63, 3.8) is 0 Å². The minimum Gasteiger partial charge on any atom is -0.318 e. The quantitative estimate of drug-likeness (QED) is 0.279. The summed E-state index contributed by atoms with van der Waals surface area (Å²) < 4.78 is 30.7. The van der Waals surface area contributed by atoms with Gasteiger partial charge in [0.25, 0.3) is 21.3 Å². The fourth-order valence-corrected chi connectivity index (χ4v) is 5.24. The van der Waals surface area contributed by atoms with Crippen LogP contribution >= 0.6 is 0 Å². The lowest BCUT2D eigenvalue weighted by molar-refractivity contribution is -0.384. The van der Waals surface area contributed by atoms with Crippen LogP contribution in [0.5, 0.6) is 0 Å². The second-order valence-electron chi connectivity index (χ2n) is 8.08. The second-order valence-corrected chi connectivity index (χ2v) is 9.95. The SMILES string of the molecule is Cc1c(NC(=O)CN(c2ccc([N+](=O)[O-])cc2)S(=O)(=O)c2ccccc2)c(=O)n(-c2ccccc2)n1C. The summed E-state index contributed by atoms with van der Waals surface area (Å²) in [7, 11) is -2.56. The number of hydrogen-bond acceptors (Lipinski definition) is 6. The van der Waals surface area contributed by atoms with Gasteiger partial charge in [-0.05, 0) is 43.3 Å². The number of nitrogens with one attached hydrogen (secondary N) is 1. The van der Waals surface area contributed by atoms with Gasteiger partial charge in [0.2, 0.25) is 5.91 Å². The van der Waals surface area contributed by atoms with Crippen molar-refractivity contribution in [3.05, 3.63) is 111 Å². The third-order valence-electron chi connectivity index (χ3n) is 5.79. The van der Waals surface area contributed by atoms with E-state index in [0.29, 0.717) is 11.4 Å². The lowest BCUT2D eigenvalue weighted by Crippen LogP contribution is -2.38. The van der Waals surface area contributed by atoms with E-state index in [0.717, 1.165) is 16.4 Å². The van der Waals surface area contributed by atoms with Crippen molar-refractivity contribution in [1.29, 1.82) is 0 Å².